The molecule has 0 saturated carbocycles. The fraction of sp³-hybridized carbons (Fsp3) is 0.615. The third-order valence-corrected chi connectivity index (χ3v) is 3.98. The number of carbonyl (C=O) groups excluding carboxylic acids is 1. The van der Waals surface area contributed by atoms with Gasteiger partial charge in [-0.15, -0.1) is 11.3 Å². The number of hydrogen-bond acceptors (Lipinski definition) is 3. The Labute approximate surface area is 108 Å². The molecular formula is C13H22N2OS. The highest BCUT2D eigenvalue weighted by molar-refractivity contribution is 7.10. The molecule has 0 aromatic carbocycles. The normalized spacial score (nSPS) is 14.6. The first-order valence-electron chi connectivity index (χ1n) is 6.07. The molecular weight excluding hydrogens is 232 g/mol. The van der Waals surface area contributed by atoms with Gasteiger partial charge in [-0.1, -0.05) is 19.9 Å². The van der Waals surface area contributed by atoms with Crippen LogP contribution in [0.5, 0.6) is 0 Å². The summed E-state index contributed by atoms with van der Waals surface area (Å²) in [6.07, 6.45) is 0. The molecule has 96 valence electrons. The quantitative estimate of drug-likeness (QED) is 0.819. The molecule has 1 heterocycles. The summed E-state index contributed by atoms with van der Waals surface area (Å²) in [6, 6.07) is 4.56. The SMILES string of the molecule is CC(NCC(=O)NC(C)C(C)C)c1cccs1. The van der Waals surface area contributed by atoms with Crippen molar-refractivity contribution in [1.29, 1.82) is 0 Å². The van der Waals surface area contributed by atoms with Crippen LogP contribution in [0.4, 0.5) is 0 Å². The fourth-order valence-electron chi connectivity index (χ4n) is 1.36. The fourth-order valence-corrected chi connectivity index (χ4v) is 2.11. The van der Waals surface area contributed by atoms with E-state index in [1.54, 1.807) is 11.3 Å². The highest BCUT2D eigenvalue weighted by Gasteiger charge is 2.12. The van der Waals surface area contributed by atoms with E-state index in [-0.39, 0.29) is 18.0 Å². The molecule has 0 spiro atoms. The second kappa shape index (κ2) is 6.77. The smallest absolute Gasteiger partial charge is 0.234 e. The maximum absolute atomic E-state index is 11.7. The van der Waals surface area contributed by atoms with Crippen molar-refractivity contribution in [3.05, 3.63) is 22.4 Å². The largest absolute Gasteiger partial charge is 0.352 e. The maximum atomic E-state index is 11.7. The minimum absolute atomic E-state index is 0.0645. The molecule has 2 atom stereocenters. The molecule has 3 nitrogen and oxygen atoms in total. The second-order valence-corrected chi connectivity index (χ2v) is 5.70. The predicted molar refractivity (Wildman–Crippen MR) is 73.2 cm³/mol. The Balaban J connectivity index is 2.29. The lowest BCUT2D eigenvalue weighted by molar-refractivity contribution is -0.121. The Morgan fingerprint density at radius 1 is 1.35 bits per heavy atom. The van der Waals surface area contributed by atoms with Gasteiger partial charge in [0.1, 0.15) is 0 Å². The number of nitrogens with one attached hydrogen (secondary N) is 2. The first kappa shape index (κ1) is 14.2. The van der Waals surface area contributed by atoms with E-state index in [4.69, 9.17) is 0 Å². The molecule has 0 aliphatic carbocycles. The second-order valence-electron chi connectivity index (χ2n) is 4.72. The van der Waals surface area contributed by atoms with Crippen LogP contribution in [0.25, 0.3) is 0 Å². The van der Waals surface area contributed by atoms with Crippen LogP contribution in [0.2, 0.25) is 0 Å². The van der Waals surface area contributed by atoms with Crippen molar-refractivity contribution in [2.45, 2.75) is 39.8 Å². The Hall–Kier alpha value is -0.870. The zero-order chi connectivity index (χ0) is 12.8. The summed E-state index contributed by atoms with van der Waals surface area (Å²) in [4.78, 5) is 12.9. The standard InChI is InChI=1S/C13H22N2OS/c1-9(2)10(3)15-13(16)8-14-11(4)12-6-5-7-17-12/h5-7,9-11,14H,8H2,1-4H3,(H,15,16). The van der Waals surface area contributed by atoms with E-state index in [0.29, 0.717) is 12.5 Å². The lowest BCUT2D eigenvalue weighted by atomic mass is 10.1. The molecule has 1 amide bonds. The molecule has 0 aliphatic rings. The lowest BCUT2D eigenvalue weighted by Gasteiger charge is -2.18. The average Bonchev–Trinajstić information content (AvgIpc) is 2.79. The summed E-state index contributed by atoms with van der Waals surface area (Å²) in [5.41, 5.74) is 0. The monoisotopic (exact) mass is 254 g/mol. The van der Waals surface area contributed by atoms with Crippen LogP contribution in [0.15, 0.2) is 17.5 Å². The van der Waals surface area contributed by atoms with Gasteiger partial charge in [-0.05, 0) is 31.2 Å². The molecule has 2 unspecified atom stereocenters. The van der Waals surface area contributed by atoms with Gasteiger partial charge in [0.15, 0.2) is 0 Å². The van der Waals surface area contributed by atoms with E-state index >= 15 is 0 Å². The van der Waals surface area contributed by atoms with E-state index in [9.17, 15) is 4.79 Å². The van der Waals surface area contributed by atoms with Gasteiger partial charge in [0.05, 0.1) is 6.54 Å². The van der Waals surface area contributed by atoms with E-state index in [1.165, 1.54) is 4.88 Å². The molecule has 0 radical (unpaired) electrons. The van der Waals surface area contributed by atoms with Crippen molar-refractivity contribution in [3.8, 4) is 0 Å². The molecule has 17 heavy (non-hydrogen) atoms. The van der Waals surface area contributed by atoms with Gasteiger partial charge >= 0.3 is 0 Å². The number of thiophene rings is 1. The molecule has 0 aliphatic heterocycles. The average molecular weight is 254 g/mol. The summed E-state index contributed by atoms with van der Waals surface area (Å²) < 4.78 is 0. The summed E-state index contributed by atoms with van der Waals surface area (Å²) >= 11 is 1.71. The summed E-state index contributed by atoms with van der Waals surface area (Å²) in [7, 11) is 0. The van der Waals surface area contributed by atoms with Gasteiger partial charge in [-0.3, -0.25) is 4.79 Å². The van der Waals surface area contributed by atoms with Crippen molar-refractivity contribution in [3.63, 3.8) is 0 Å². The van der Waals surface area contributed by atoms with Crippen LogP contribution in [0, 0.1) is 5.92 Å². The van der Waals surface area contributed by atoms with Gasteiger partial charge in [-0.2, -0.15) is 0 Å². The minimum atomic E-state index is 0.0645. The molecule has 0 bridgehead atoms. The van der Waals surface area contributed by atoms with Crippen LogP contribution < -0.4 is 10.6 Å². The summed E-state index contributed by atoms with van der Waals surface area (Å²) in [5, 5.41) is 8.26. The Bertz CT molecular complexity index is 335. The van der Waals surface area contributed by atoms with Gasteiger partial charge in [0.2, 0.25) is 5.91 Å². The molecule has 1 rings (SSSR count). The maximum Gasteiger partial charge on any atom is 0.234 e. The van der Waals surface area contributed by atoms with Gasteiger partial charge in [-0.25, -0.2) is 0 Å². The number of rotatable bonds is 6. The first-order valence-corrected chi connectivity index (χ1v) is 6.94. The lowest BCUT2D eigenvalue weighted by Crippen LogP contribution is -2.41. The van der Waals surface area contributed by atoms with Crippen LogP contribution in [0.3, 0.4) is 0 Å². The topological polar surface area (TPSA) is 41.1 Å². The molecule has 2 N–H and O–H groups in total. The molecule has 1 aromatic rings. The van der Waals surface area contributed by atoms with E-state index in [0.717, 1.165) is 0 Å². The molecule has 4 heteroatoms. The highest BCUT2D eigenvalue weighted by atomic mass is 32.1. The van der Waals surface area contributed by atoms with Crippen molar-refractivity contribution in [2.24, 2.45) is 5.92 Å². The van der Waals surface area contributed by atoms with E-state index in [1.807, 2.05) is 13.0 Å². The van der Waals surface area contributed by atoms with Crippen molar-refractivity contribution in [1.82, 2.24) is 10.6 Å². The van der Waals surface area contributed by atoms with Crippen LogP contribution in [-0.4, -0.2) is 18.5 Å². The summed E-state index contributed by atoms with van der Waals surface area (Å²) in [5.74, 6) is 0.531. The zero-order valence-electron chi connectivity index (χ0n) is 11.0. The summed E-state index contributed by atoms with van der Waals surface area (Å²) in [6.45, 7) is 8.69. The Morgan fingerprint density at radius 3 is 2.59 bits per heavy atom. The van der Waals surface area contributed by atoms with Crippen molar-refractivity contribution in [2.75, 3.05) is 6.54 Å². The number of carbonyl (C=O) groups is 1. The predicted octanol–water partition coefficient (Wildman–Crippen LogP) is 2.56. The van der Waals surface area contributed by atoms with Gasteiger partial charge in [0, 0.05) is 17.0 Å². The van der Waals surface area contributed by atoms with E-state index < -0.39 is 0 Å². The highest BCUT2D eigenvalue weighted by Crippen LogP contribution is 2.17. The Morgan fingerprint density at radius 2 is 2.06 bits per heavy atom. The van der Waals surface area contributed by atoms with Gasteiger partial charge in [0.25, 0.3) is 0 Å². The van der Waals surface area contributed by atoms with Crippen molar-refractivity contribution >= 4 is 17.2 Å². The first-order chi connectivity index (χ1) is 8.00. The molecule has 0 saturated heterocycles. The third kappa shape index (κ3) is 4.88. The molecule has 0 fully saturated rings. The van der Waals surface area contributed by atoms with E-state index in [2.05, 4.69) is 42.9 Å². The Kier molecular flexibility index (Phi) is 5.65. The van der Waals surface area contributed by atoms with Crippen LogP contribution in [-0.2, 0) is 4.79 Å². The third-order valence-electron chi connectivity index (χ3n) is 2.93. The van der Waals surface area contributed by atoms with Crippen LogP contribution >= 0.6 is 11.3 Å². The van der Waals surface area contributed by atoms with Gasteiger partial charge < -0.3 is 10.6 Å². The van der Waals surface area contributed by atoms with Crippen LogP contribution in [0.1, 0.15) is 38.6 Å². The zero-order valence-corrected chi connectivity index (χ0v) is 11.8. The van der Waals surface area contributed by atoms with Crippen molar-refractivity contribution < 1.29 is 4.79 Å². The molecule has 1 aromatic heterocycles. The number of amides is 1. The number of hydrogen-bond donors (Lipinski definition) is 2. The minimum Gasteiger partial charge on any atom is -0.352 e.